The standard InChI is InChI=1S/C13H19NO3/c1-13(2,3)17-14-12(15)9-10-6-5-7-11(8-10)16-4/h5-8H,9H2,1-4H3,(H,14,15). The summed E-state index contributed by atoms with van der Waals surface area (Å²) >= 11 is 0. The highest BCUT2D eigenvalue weighted by Gasteiger charge is 2.13. The molecule has 0 unspecified atom stereocenters. The summed E-state index contributed by atoms with van der Waals surface area (Å²) < 4.78 is 5.09. The molecule has 4 heteroatoms. The molecule has 17 heavy (non-hydrogen) atoms. The third-order valence-electron chi connectivity index (χ3n) is 1.97. The van der Waals surface area contributed by atoms with Crippen LogP contribution in [0.5, 0.6) is 5.75 Å². The number of hydroxylamine groups is 1. The number of hydrogen-bond donors (Lipinski definition) is 1. The van der Waals surface area contributed by atoms with Crippen molar-refractivity contribution in [1.29, 1.82) is 0 Å². The molecule has 0 bridgehead atoms. The van der Waals surface area contributed by atoms with E-state index in [2.05, 4.69) is 5.48 Å². The number of rotatable bonds is 4. The van der Waals surface area contributed by atoms with Crippen LogP contribution >= 0.6 is 0 Å². The lowest BCUT2D eigenvalue weighted by Gasteiger charge is -2.18. The van der Waals surface area contributed by atoms with Gasteiger partial charge in [-0.1, -0.05) is 12.1 Å². The maximum atomic E-state index is 11.6. The van der Waals surface area contributed by atoms with E-state index in [9.17, 15) is 4.79 Å². The van der Waals surface area contributed by atoms with Crippen LogP contribution in [0.2, 0.25) is 0 Å². The summed E-state index contributed by atoms with van der Waals surface area (Å²) in [6.07, 6.45) is 0.271. The highest BCUT2D eigenvalue weighted by molar-refractivity contribution is 5.77. The number of amides is 1. The average Bonchev–Trinajstić information content (AvgIpc) is 2.26. The van der Waals surface area contributed by atoms with Crippen molar-refractivity contribution in [3.63, 3.8) is 0 Å². The molecule has 0 radical (unpaired) electrons. The summed E-state index contributed by atoms with van der Waals surface area (Å²) in [6.45, 7) is 5.62. The smallest absolute Gasteiger partial charge is 0.247 e. The number of carbonyl (C=O) groups excluding carboxylic acids is 1. The van der Waals surface area contributed by atoms with Crippen LogP contribution < -0.4 is 10.2 Å². The predicted molar refractivity (Wildman–Crippen MR) is 65.7 cm³/mol. The van der Waals surface area contributed by atoms with E-state index in [1.165, 1.54) is 0 Å². The summed E-state index contributed by atoms with van der Waals surface area (Å²) in [6, 6.07) is 7.40. The third kappa shape index (κ3) is 5.36. The minimum absolute atomic E-state index is 0.173. The van der Waals surface area contributed by atoms with Gasteiger partial charge in [0.05, 0.1) is 19.1 Å². The van der Waals surface area contributed by atoms with Crippen LogP contribution in [0.15, 0.2) is 24.3 Å². The number of benzene rings is 1. The molecule has 0 saturated carbocycles. The largest absolute Gasteiger partial charge is 0.497 e. The van der Waals surface area contributed by atoms with E-state index in [-0.39, 0.29) is 17.9 Å². The number of carbonyl (C=O) groups is 1. The highest BCUT2D eigenvalue weighted by atomic mass is 16.7. The van der Waals surface area contributed by atoms with Crippen LogP contribution in [-0.2, 0) is 16.1 Å². The van der Waals surface area contributed by atoms with E-state index in [1.54, 1.807) is 7.11 Å². The van der Waals surface area contributed by atoms with Crippen LogP contribution in [0, 0.1) is 0 Å². The Morgan fingerprint density at radius 2 is 2.06 bits per heavy atom. The quantitative estimate of drug-likeness (QED) is 0.816. The second-order valence-electron chi connectivity index (χ2n) is 4.77. The molecule has 1 aromatic rings. The number of methoxy groups -OCH3 is 1. The average molecular weight is 237 g/mol. The summed E-state index contributed by atoms with van der Waals surface area (Å²) in [5.74, 6) is 0.570. The van der Waals surface area contributed by atoms with E-state index < -0.39 is 0 Å². The normalized spacial score (nSPS) is 11.1. The van der Waals surface area contributed by atoms with E-state index in [0.29, 0.717) is 0 Å². The molecule has 0 heterocycles. The van der Waals surface area contributed by atoms with E-state index in [0.717, 1.165) is 11.3 Å². The van der Waals surface area contributed by atoms with E-state index in [4.69, 9.17) is 9.57 Å². The fraction of sp³-hybridized carbons (Fsp3) is 0.462. The zero-order valence-corrected chi connectivity index (χ0v) is 10.7. The van der Waals surface area contributed by atoms with Crippen molar-refractivity contribution in [2.24, 2.45) is 0 Å². The molecule has 0 aliphatic heterocycles. The summed E-state index contributed by atoms with van der Waals surface area (Å²) in [5.41, 5.74) is 2.93. The van der Waals surface area contributed by atoms with Gasteiger partial charge in [0.1, 0.15) is 5.75 Å². The molecule has 1 N–H and O–H groups in total. The third-order valence-corrected chi connectivity index (χ3v) is 1.97. The van der Waals surface area contributed by atoms with Crippen molar-refractivity contribution >= 4 is 5.91 Å². The van der Waals surface area contributed by atoms with Gasteiger partial charge < -0.3 is 4.74 Å². The topological polar surface area (TPSA) is 47.6 Å². The molecule has 4 nitrogen and oxygen atoms in total. The molecule has 1 rings (SSSR count). The van der Waals surface area contributed by atoms with Crippen LogP contribution in [0.1, 0.15) is 26.3 Å². The summed E-state index contributed by atoms with van der Waals surface area (Å²) in [4.78, 5) is 16.8. The summed E-state index contributed by atoms with van der Waals surface area (Å²) in [5, 5.41) is 0. The van der Waals surface area contributed by atoms with Crippen molar-refractivity contribution in [1.82, 2.24) is 5.48 Å². The Balaban J connectivity index is 2.50. The molecule has 0 fully saturated rings. The van der Waals surface area contributed by atoms with Crippen molar-refractivity contribution < 1.29 is 14.4 Å². The maximum Gasteiger partial charge on any atom is 0.247 e. The second-order valence-corrected chi connectivity index (χ2v) is 4.77. The molecular weight excluding hydrogens is 218 g/mol. The lowest BCUT2D eigenvalue weighted by molar-refractivity contribution is -0.144. The zero-order chi connectivity index (χ0) is 12.9. The number of nitrogens with one attached hydrogen (secondary N) is 1. The first-order valence-corrected chi connectivity index (χ1v) is 5.50. The van der Waals surface area contributed by atoms with E-state index >= 15 is 0 Å². The molecular formula is C13H19NO3. The molecule has 0 atom stereocenters. The van der Waals surface area contributed by atoms with Gasteiger partial charge in [-0.25, -0.2) is 5.48 Å². The van der Waals surface area contributed by atoms with Crippen LogP contribution in [0.25, 0.3) is 0 Å². The Hall–Kier alpha value is -1.55. The molecule has 0 saturated heterocycles. The van der Waals surface area contributed by atoms with Gasteiger partial charge in [-0.2, -0.15) is 0 Å². The Kier molecular flexibility index (Phi) is 4.52. The van der Waals surface area contributed by atoms with Crippen LogP contribution in [-0.4, -0.2) is 18.6 Å². The second kappa shape index (κ2) is 5.68. The van der Waals surface area contributed by atoms with Crippen molar-refractivity contribution in [2.75, 3.05) is 7.11 Å². The van der Waals surface area contributed by atoms with Gasteiger partial charge in [0.15, 0.2) is 0 Å². The molecule has 1 aromatic carbocycles. The van der Waals surface area contributed by atoms with Crippen molar-refractivity contribution in [3.05, 3.63) is 29.8 Å². The van der Waals surface area contributed by atoms with Crippen LogP contribution in [0.3, 0.4) is 0 Å². The fourth-order valence-corrected chi connectivity index (χ4v) is 1.21. The van der Waals surface area contributed by atoms with Crippen molar-refractivity contribution in [3.8, 4) is 5.75 Å². The minimum Gasteiger partial charge on any atom is -0.497 e. The van der Waals surface area contributed by atoms with Gasteiger partial charge in [0, 0.05) is 0 Å². The Labute approximate surface area is 102 Å². The molecule has 0 aliphatic rings. The first-order valence-electron chi connectivity index (χ1n) is 5.50. The van der Waals surface area contributed by atoms with Crippen LogP contribution in [0.4, 0.5) is 0 Å². The van der Waals surface area contributed by atoms with Gasteiger partial charge in [-0.3, -0.25) is 9.63 Å². The van der Waals surface area contributed by atoms with Gasteiger partial charge in [0.2, 0.25) is 5.91 Å². The zero-order valence-electron chi connectivity index (χ0n) is 10.7. The Bertz CT molecular complexity index is 382. The Morgan fingerprint density at radius 3 is 2.65 bits per heavy atom. The lowest BCUT2D eigenvalue weighted by Crippen LogP contribution is -2.34. The highest BCUT2D eigenvalue weighted by Crippen LogP contribution is 2.13. The monoisotopic (exact) mass is 237 g/mol. The van der Waals surface area contributed by atoms with Gasteiger partial charge in [-0.05, 0) is 38.5 Å². The summed E-state index contributed by atoms with van der Waals surface area (Å²) in [7, 11) is 1.60. The molecule has 1 amide bonds. The molecule has 0 aromatic heterocycles. The maximum absolute atomic E-state index is 11.6. The van der Waals surface area contributed by atoms with Gasteiger partial charge in [-0.15, -0.1) is 0 Å². The predicted octanol–water partition coefficient (Wildman–Crippen LogP) is 2.08. The number of hydrogen-bond acceptors (Lipinski definition) is 3. The first-order chi connectivity index (χ1) is 7.90. The molecule has 94 valence electrons. The lowest BCUT2D eigenvalue weighted by atomic mass is 10.1. The fourth-order valence-electron chi connectivity index (χ4n) is 1.21. The van der Waals surface area contributed by atoms with Gasteiger partial charge in [0.25, 0.3) is 0 Å². The SMILES string of the molecule is COc1cccc(CC(=O)NOC(C)(C)C)c1. The Morgan fingerprint density at radius 1 is 1.35 bits per heavy atom. The van der Waals surface area contributed by atoms with E-state index in [1.807, 2.05) is 45.0 Å². The van der Waals surface area contributed by atoms with Crippen molar-refractivity contribution in [2.45, 2.75) is 32.8 Å². The van der Waals surface area contributed by atoms with Gasteiger partial charge >= 0.3 is 0 Å². The first kappa shape index (κ1) is 13.5. The number of ether oxygens (including phenoxy) is 1. The molecule has 0 spiro atoms. The molecule has 0 aliphatic carbocycles. The minimum atomic E-state index is -0.385.